The predicted molar refractivity (Wildman–Crippen MR) is 109 cm³/mol. The van der Waals surface area contributed by atoms with Crippen molar-refractivity contribution >= 4 is 29.0 Å². The number of methoxy groups -OCH3 is 1. The molecule has 0 fully saturated rings. The number of urea groups is 1. The van der Waals surface area contributed by atoms with E-state index < -0.39 is 11.8 Å². The smallest absolute Gasteiger partial charge is 0.326 e. The minimum Gasteiger partial charge on any atom is -0.495 e. The van der Waals surface area contributed by atoms with Gasteiger partial charge in [0.1, 0.15) is 11.6 Å². The van der Waals surface area contributed by atoms with Crippen molar-refractivity contribution in [2.75, 3.05) is 23.9 Å². The Kier molecular flexibility index (Phi) is 5.82. The number of carbonyl (C=O) groups excluding carboxylic acids is 1. The van der Waals surface area contributed by atoms with Crippen LogP contribution >= 0.6 is 11.6 Å². The third-order valence-corrected chi connectivity index (χ3v) is 5.04. The van der Waals surface area contributed by atoms with E-state index in [2.05, 4.69) is 20.5 Å². The molecule has 156 valence electrons. The van der Waals surface area contributed by atoms with E-state index in [9.17, 15) is 9.18 Å². The molecule has 3 heterocycles. The number of H-pyrrole nitrogens is 1. The molecular formula is C20H19ClFN5O3. The van der Waals surface area contributed by atoms with Crippen molar-refractivity contribution in [3.8, 4) is 5.75 Å². The molecule has 0 bridgehead atoms. The molecule has 0 saturated heterocycles. The van der Waals surface area contributed by atoms with Crippen molar-refractivity contribution < 1.29 is 18.7 Å². The van der Waals surface area contributed by atoms with E-state index in [4.69, 9.17) is 21.1 Å². The summed E-state index contributed by atoms with van der Waals surface area (Å²) in [6.07, 6.45) is 3.84. The number of amides is 2. The summed E-state index contributed by atoms with van der Waals surface area (Å²) in [6, 6.07) is 5.21. The first-order valence-electron chi connectivity index (χ1n) is 9.20. The molecule has 0 atom stereocenters. The predicted octanol–water partition coefficient (Wildman–Crippen LogP) is 3.92. The number of nitrogens with one attached hydrogen (secondary N) is 2. The topological polar surface area (TPSA) is 92.4 Å². The number of ether oxygens (including phenoxy) is 2. The van der Waals surface area contributed by atoms with Crippen LogP contribution in [0, 0.1) is 5.82 Å². The fourth-order valence-corrected chi connectivity index (χ4v) is 3.34. The number of rotatable bonds is 5. The first-order chi connectivity index (χ1) is 14.5. The molecule has 1 aliphatic heterocycles. The van der Waals surface area contributed by atoms with Gasteiger partial charge in [0.05, 0.1) is 55.7 Å². The maximum Gasteiger partial charge on any atom is 0.326 e. The molecule has 2 N–H and O–H groups in total. The zero-order chi connectivity index (χ0) is 21.1. The average molecular weight is 432 g/mol. The van der Waals surface area contributed by atoms with E-state index in [1.165, 1.54) is 30.2 Å². The number of hydrogen-bond donors (Lipinski definition) is 2. The van der Waals surface area contributed by atoms with Crippen LogP contribution in [-0.4, -0.2) is 34.9 Å². The Morgan fingerprint density at radius 2 is 2.27 bits per heavy atom. The van der Waals surface area contributed by atoms with Crippen molar-refractivity contribution in [3.63, 3.8) is 0 Å². The Labute approximate surface area is 177 Å². The van der Waals surface area contributed by atoms with Gasteiger partial charge in [0, 0.05) is 29.4 Å². The Morgan fingerprint density at radius 3 is 3.07 bits per heavy atom. The SMILES string of the molecule is COc1cncc(N(Cc2n[nH]c3c2COCC3)C(=O)Nc2ccc(F)c(Cl)c2)c1. The highest BCUT2D eigenvalue weighted by atomic mass is 35.5. The van der Waals surface area contributed by atoms with E-state index in [-0.39, 0.29) is 11.6 Å². The van der Waals surface area contributed by atoms with Gasteiger partial charge in [-0.05, 0) is 18.2 Å². The van der Waals surface area contributed by atoms with Crippen LogP contribution in [0.2, 0.25) is 5.02 Å². The fourth-order valence-electron chi connectivity index (χ4n) is 3.16. The number of anilines is 2. The van der Waals surface area contributed by atoms with Crippen LogP contribution in [-0.2, 0) is 24.3 Å². The van der Waals surface area contributed by atoms with Crippen LogP contribution in [0.15, 0.2) is 36.7 Å². The summed E-state index contributed by atoms with van der Waals surface area (Å²) in [5.74, 6) is -0.0609. The lowest BCUT2D eigenvalue weighted by molar-refractivity contribution is 0.109. The van der Waals surface area contributed by atoms with E-state index >= 15 is 0 Å². The maximum atomic E-state index is 13.5. The monoisotopic (exact) mass is 431 g/mol. The van der Waals surface area contributed by atoms with Gasteiger partial charge < -0.3 is 14.8 Å². The average Bonchev–Trinajstić information content (AvgIpc) is 3.17. The number of halogens is 2. The molecule has 0 radical (unpaired) electrons. The van der Waals surface area contributed by atoms with E-state index in [0.717, 1.165) is 17.7 Å². The number of nitrogens with zero attached hydrogens (tertiary/aromatic N) is 3. The van der Waals surface area contributed by atoms with E-state index in [1.807, 2.05) is 0 Å². The van der Waals surface area contributed by atoms with Gasteiger partial charge in [-0.3, -0.25) is 15.0 Å². The van der Waals surface area contributed by atoms with Crippen LogP contribution in [0.4, 0.5) is 20.6 Å². The van der Waals surface area contributed by atoms with Gasteiger partial charge in [-0.15, -0.1) is 0 Å². The van der Waals surface area contributed by atoms with Gasteiger partial charge in [0.15, 0.2) is 0 Å². The normalized spacial score (nSPS) is 12.9. The van der Waals surface area contributed by atoms with Crippen molar-refractivity contribution in [2.24, 2.45) is 0 Å². The third kappa shape index (κ3) is 4.22. The van der Waals surface area contributed by atoms with Crippen molar-refractivity contribution in [1.82, 2.24) is 15.2 Å². The Morgan fingerprint density at radius 1 is 1.40 bits per heavy atom. The second-order valence-electron chi connectivity index (χ2n) is 6.66. The number of carbonyl (C=O) groups is 1. The van der Waals surface area contributed by atoms with Crippen LogP contribution in [0.1, 0.15) is 17.0 Å². The molecule has 2 aromatic heterocycles. The zero-order valence-electron chi connectivity index (χ0n) is 16.1. The van der Waals surface area contributed by atoms with Gasteiger partial charge in [-0.25, -0.2) is 9.18 Å². The molecule has 30 heavy (non-hydrogen) atoms. The van der Waals surface area contributed by atoms with Gasteiger partial charge in [0.2, 0.25) is 0 Å². The van der Waals surface area contributed by atoms with Crippen molar-refractivity contribution in [3.05, 3.63) is 64.5 Å². The highest BCUT2D eigenvalue weighted by Crippen LogP contribution is 2.26. The summed E-state index contributed by atoms with van der Waals surface area (Å²) in [7, 11) is 1.52. The second kappa shape index (κ2) is 8.68. The number of aromatic amines is 1. The molecule has 1 aliphatic rings. The lowest BCUT2D eigenvalue weighted by Gasteiger charge is -2.23. The molecule has 1 aromatic carbocycles. The molecule has 3 aromatic rings. The van der Waals surface area contributed by atoms with Gasteiger partial charge in [0.25, 0.3) is 0 Å². The molecule has 10 heteroatoms. The summed E-state index contributed by atoms with van der Waals surface area (Å²) in [5, 5.41) is 10.0. The summed E-state index contributed by atoms with van der Waals surface area (Å²) >= 11 is 5.83. The first kappa shape index (κ1) is 20.1. The number of fused-ring (bicyclic) bond motifs is 1. The molecule has 0 aliphatic carbocycles. The lowest BCUT2D eigenvalue weighted by Crippen LogP contribution is -2.35. The largest absolute Gasteiger partial charge is 0.495 e. The molecule has 0 unspecified atom stereocenters. The summed E-state index contributed by atoms with van der Waals surface area (Å²) < 4.78 is 24.2. The Balaban J connectivity index is 1.65. The minimum absolute atomic E-state index is 0.0825. The quantitative estimate of drug-likeness (QED) is 0.638. The van der Waals surface area contributed by atoms with Crippen LogP contribution in [0.5, 0.6) is 5.75 Å². The third-order valence-electron chi connectivity index (χ3n) is 4.75. The number of benzene rings is 1. The minimum atomic E-state index is -0.563. The van der Waals surface area contributed by atoms with Gasteiger partial charge in [-0.1, -0.05) is 11.6 Å². The van der Waals surface area contributed by atoms with Gasteiger partial charge >= 0.3 is 6.03 Å². The zero-order valence-corrected chi connectivity index (χ0v) is 16.9. The standard InChI is InChI=1S/C20H19ClFN5O3/c1-29-14-7-13(8-23-9-14)27(10-19-15-11-30-5-4-18(15)25-26-19)20(28)24-12-2-3-17(22)16(21)6-12/h2-3,6-9H,4-5,10-11H2,1H3,(H,24,28)(H,25,26). The molecule has 8 nitrogen and oxygen atoms in total. The lowest BCUT2D eigenvalue weighted by atomic mass is 10.1. The number of pyridine rings is 1. The maximum absolute atomic E-state index is 13.5. The molecular weight excluding hydrogens is 413 g/mol. The number of hydrogen-bond acceptors (Lipinski definition) is 5. The molecule has 0 saturated carbocycles. The van der Waals surface area contributed by atoms with Gasteiger partial charge in [-0.2, -0.15) is 5.10 Å². The Bertz CT molecular complexity index is 1070. The fraction of sp³-hybridized carbons (Fsp3) is 0.250. The Hall–Kier alpha value is -3.17. The van der Waals surface area contributed by atoms with Crippen LogP contribution in [0.25, 0.3) is 0 Å². The van der Waals surface area contributed by atoms with Crippen LogP contribution < -0.4 is 15.0 Å². The highest BCUT2D eigenvalue weighted by Gasteiger charge is 2.24. The second-order valence-corrected chi connectivity index (χ2v) is 7.07. The van der Waals surface area contributed by atoms with E-state index in [1.54, 1.807) is 18.5 Å². The molecule has 0 spiro atoms. The van der Waals surface area contributed by atoms with Crippen LogP contribution in [0.3, 0.4) is 0 Å². The van der Waals surface area contributed by atoms with E-state index in [0.29, 0.717) is 36.0 Å². The van der Waals surface area contributed by atoms with Crippen molar-refractivity contribution in [1.29, 1.82) is 0 Å². The summed E-state index contributed by atoms with van der Waals surface area (Å²) in [5.41, 5.74) is 3.51. The highest BCUT2D eigenvalue weighted by molar-refractivity contribution is 6.31. The molecule has 4 rings (SSSR count). The number of aromatic nitrogens is 3. The summed E-state index contributed by atoms with van der Waals surface area (Å²) in [6.45, 7) is 1.23. The van der Waals surface area contributed by atoms with Crippen molar-refractivity contribution in [2.45, 2.75) is 19.6 Å². The summed E-state index contributed by atoms with van der Waals surface area (Å²) in [4.78, 5) is 18.8. The first-order valence-corrected chi connectivity index (χ1v) is 9.58. The molecule has 2 amide bonds.